The van der Waals surface area contributed by atoms with Crippen molar-refractivity contribution in [3.8, 4) is 0 Å². The molecule has 0 radical (unpaired) electrons. The minimum absolute atomic E-state index is 0.0881. The fraction of sp³-hybridized carbons (Fsp3) is 0.786. The van der Waals surface area contributed by atoms with E-state index in [4.69, 9.17) is 23.4 Å². The molecule has 0 spiro atoms. The summed E-state index contributed by atoms with van der Waals surface area (Å²) < 4.78 is 28.1. The number of cyclic esters (lactones) is 1. The Hall–Kier alpha value is -2.02. The molecule has 12 atom stereocenters. The molecular weight excluding hydrogens is 512 g/mol. The largest absolute Gasteiger partial charge is 0.472 e. The topological polar surface area (TPSA) is 165 Å². The molecule has 218 valence electrons. The number of esters is 2. The van der Waals surface area contributed by atoms with Gasteiger partial charge < -0.3 is 43.8 Å². The normalized spacial score (nSPS) is 45.5. The lowest BCUT2D eigenvalue weighted by Crippen LogP contribution is -2.58. The summed E-state index contributed by atoms with van der Waals surface area (Å²) in [6.45, 7) is 3.68. The number of methoxy groups -OCH3 is 1. The molecule has 0 aromatic carbocycles. The SMILES string of the molecule is COC(=O)C1OC2CC1(C)C(CCCCC1OC(CO)C(O)C(O)C1O)C1(C)CC(c3ccoc3)OC(=O)C21. The Kier molecular flexibility index (Phi) is 7.86. The molecule has 2 bridgehead atoms. The van der Waals surface area contributed by atoms with E-state index in [2.05, 4.69) is 6.92 Å². The van der Waals surface area contributed by atoms with Crippen LogP contribution in [-0.4, -0.2) is 88.8 Å². The van der Waals surface area contributed by atoms with Crippen LogP contribution in [0.4, 0.5) is 0 Å². The summed E-state index contributed by atoms with van der Waals surface area (Å²) >= 11 is 0. The molecule has 3 saturated heterocycles. The summed E-state index contributed by atoms with van der Waals surface area (Å²) in [5, 5.41) is 40.1. The summed E-state index contributed by atoms with van der Waals surface area (Å²) in [4.78, 5) is 26.3. The van der Waals surface area contributed by atoms with Gasteiger partial charge in [-0.3, -0.25) is 4.79 Å². The molecule has 4 heterocycles. The van der Waals surface area contributed by atoms with Crippen LogP contribution in [0.2, 0.25) is 0 Å². The number of carbonyl (C=O) groups excluding carboxylic acids is 2. The van der Waals surface area contributed by atoms with Crippen LogP contribution in [0.25, 0.3) is 0 Å². The Balaban J connectivity index is 1.36. The van der Waals surface area contributed by atoms with Crippen LogP contribution in [0.5, 0.6) is 0 Å². The van der Waals surface area contributed by atoms with Gasteiger partial charge in [-0.2, -0.15) is 0 Å². The van der Waals surface area contributed by atoms with Crippen LogP contribution >= 0.6 is 0 Å². The van der Waals surface area contributed by atoms with Gasteiger partial charge in [-0.25, -0.2) is 4.79 Å². The zero-order chi connectivity index (χ0) is 28.1. The van der Waals surface area contributed by atoms with Gasteiger partial charge in [0.15, 0.2) is 6.10 Å². The number of unbranched alkanes of at least 4 members (excludes halogenated alkanes) is 1. The van der Waals surface area contributed by atoms with Crippen molar-refractivity contribution in [3.05, 3.63) is 24.2 Å². The van der Waals surface area contributed by atoms with E-state index in [9.17, 15) is 30.0 Å². The molecule has 1 aromatic rings. The number of carbonyl (C=O) groups is 2. The fourth-order valence-corrected chi connectivity index (χ4v) is 8.03. The van der Waals surface area contributed by atoms with Crippen molar-refractivity contribution in [2.75, 3.05) is 13.7 Å². The first kappa shape index (κ1) is 28.5. The van der Waals surface area contributed by atoms with Crippen molar-refractivity contribution in [1.82, 2.24) is 0 Å². The van der Waals surface area contributed by atoms with Gasteiger partial charge in [0.25, 0.3) is 0 Å². The first-order valence-electron chi connectivity index (χ1n) is 13.8. The summed E-state index contributed by atoms with van der Waals surface area (Å²) in [7, 11) is 1.34. The zero-order valence-electron chi connectivity index (χ0n) is 22.6. The number of fused-ring (bicyclic) bond motifs is 4. The third-order valence-electron chi connectivity index (χ3n) is 9.92. The predicted molar refractivity (Wildman–Crippen MR) is 133 cm³/mol. The van der Waals surface area contributed by atoms with Crippen LogP contribution in [0.3, 0.4) is 0 Å². The highest BCUT2D eigenvalue weighted by Crippen LogP contribution is 2.66. The third-order valence-corrected chi connectivity index (χ3v) is 9.92. The summed E-state index contributed by atoms with van der Waals surface area (Å²) in [5.74, 6) is -1.40. The molecule has 4 fully saturated rings. The molecule has 1 saturated carbocycles. The highest BCUT2D eigenvalue weighted by molar-refractivity contribution is 5.79. The molecule has 11 nitrogen and oxygen atoms in total. The maximum atomic E-state index is 13.5. The Morgan fingerprint density at radius 2 is 1.74 bits per heavy atom. The van der Waals surface area contributed by atoms with Gasteiger partial charge in [0.2, 0.25) is 0 Å². The Morgan fingerprint density at radius 1 is 1.03 bits per heavy atom. The number of hydrogen-bond acceptors (Lipinski definition) is 11. The first-order valence-corrected chi connectivity index (χ1v) is 13.8. The summed E-state index contributed by atoms with van der Waals surface area (Å²) in [6.07, 6.45) is -0.812. The van der Waals surface area contributed by atoms with Crippen LogP contribution in [-0.2, 0) is 28.5 Å². The number of aliphatic hydroxyl groups is 4. The third kappa shape index (κ3) is 4.70. The number of ether oxygens (including phenoxy) is 4. The molecule has 4 N–H and O–H groups in total. The number of rotatable bonds is 8. The van der Waals surface area contributed by atoms with Gasteiger partial charge in [-0.1, -0.05) is 26.7 Å². The van der Waals surface area contributed by atoms with Crippen LogP contribution in [0.1, 0.15) is 64.0 Å². The maximum Gasteiger partial charge on any atom is 0.335 e. The molecule has 5 rings (SSSR count). The monoisotopic (exact) mass is 552 g/mol. The Morgan fingerprint density at radius 3 is 2.41 bits per heavy atom. The van der Waals surface area contributed by atoms with E-state index < -0.39 is 78.2 Å². The molecule has 1 aromatic heterocycles. The van der Waals surface area contributed by atoms with Gasteiger partial charge in [-0.05, 0) is 43.1 Å². The number of furan rings is 1. The molecule has 39 heavy (non-hydrogen) atoms. The number of aliphatic hydroxyl groups excluding tert-OH is 4. The second kappa shape index (κ2) is 10.8. The lowest BCUT2D eigenvalue weighted by molar-refractivity contribution is -0.230. The van der Waals surface area contributed by atoms with Crippen molar-refractivity contribution < 1.29 is 53.4 Å². The van der Waals surface area contributed by atoms with E-state index in [1.54, 1.807) is 18.6 Å². The van der Waals surface area contributed by atoms with Crippen LogP contribution < -0.4 is 0 Å². The Bertz CT molecular complexity index is 1030. The van der Waals surface area contributed by atoms with E-state index in [0.717, 1.165) is 5.56 Å². The molecule has 0 amide bonds. The summed E-state index contributed by atoms with van der Waals surface area (Å²) in [6, 6.07) is 1.80. The zero-order valence-corrected chi connectivity index (χ0v) is 22.6. The van der Waals surface area contributed by atoms with Gasteiger partial charge >= 0.3 is 11.9 Å². The van der Waals surface area contributed by atoms with Crippen LogP contribution in [0.15, 0.2) is 23.0 Å². The minimum Gasteiger partial charge on any atom is -0.472 e. The van der Waals surface area contributed by atoms with Crippen molar-refractivity contribution in [2.45, 2.75) is 101 Å². The average molecular weight is 553 g/mol. The molecule has 1 aliphatic carbocycles. The maximum absolute atomic E-state index is 13.5. The van der Waals surface area contributed by atoms with E-state index in [1.807, 2.05) is 6.92 Å². The molecule has 11 heteroatoms. The minimum atomic E-state index is -1.40. The van der Waals surface area contributed by atoms with Crippen LogP contribution in [0, 0.1) is 22.7 Å². The first-order chi connectivity index (χ1) is 18.5. The average Bonchev–Trinajstić information content (AvgIpc) is 3.54. The van der Waals surface area contributed by atoms with Gasteiger partial charge in [0, 0.05) is 11.0 Å². The lowest BCUT2D eigenvalue weighted by atomic mass is 9.47. The van der Waals surface area contributed by atoms with E-state index >= 15 is 0 Å². The molecule has 3 aliphatic heterocycles. The van der Waals surface area contributed by atoms with E-state index in [0.29, 0.717) is 38.5 Å². The number of hydrogen-bond donors (Lipinski definition) is 4. The van der Waals surface area contributed by atoms with Crippen molar-refractivity contribution >= 4 is 11.9 Å². The van der Waals surface area contributed by atoms with Crippen molar-refractivity contribution in [1.29, 1.82) is 0 Å². The van der Waals surface area contributed by atoms with Crippen molar-refractivity contribution in [2.24, 2.45) is 22.7 Å². The second-order valence-electron chi connectivity index (χ2n) is 12.2. The molecule has 4 aliphatic rings. The quantitative estimate of drug-likeness (QED) is 0.271. The summed E-state index contributed by atoms with van der Waals surface area (Å²) in [5.41, 5.74) is -0.302. The van der Waals surface area contributed by atoms with E-state index in [-0.39, 0.29) is 11.9 Å². The Labute approximate surface area is 227 Å². The van der Waals surface area contributed by atoms with Gasteiger partial charge in [0.1, 0.15) is 30.5 Å². The highest BCUT2D eigenvalue weighted by Gasteiger charge is 2.70. The fourth-order valence-electron chi connectivity index (χ4n) is 8.03. The smallest absolute Gasteiger partial charge is 0.335 e. The van der Waals surface area contributed by atoms with Crippen molar-refractivity contribution in [3.63, 3.8) is 0 Å². The lowest BCUT2D eigenvalue weighted by Gasteiger charge is -2.56. The predicted octanol–water partition coefficient (Wildman–Crippen LogP) is 1.26. The molecular formula is C28H40O11. The van der Waals surface area contributed by atoms with E-state index in [1.165, 1.54) is 7.11 Å². The highest BCUT2D eigenvalue weighted by atomic mass is 16.6. The molecule has 12 unspecified atom stereocenters. The van der Waals surface area contributed by atoms with Gasteiger partial charge in [-0.15, -0.1) is 0 Å². The second-order valence-corrected chi connectivity index (χ2v) is 12.2. The van der Waals surface area contributed by atoms with Gasteiger partial charge in [0.05, 0.1) is 44.4 Å². The standard InChI is InChI=1S/C28H40O11/c1-27-10-16(14-8-9-36-13-14)39-25(33)20(27)17-11-28(2,24(38-17)26(34)35-3)19(27)7-5-4-6-15-21(30)23(32)22(31)18(12-29)37-15/h8-9,13,15-24,29-32H,4-7,10-12H2,1-3H3.